The van der Waals surface area contributed by atoms with Crippen LogP contribution in [0, 0.1) is 0 Å². The van der Waals surface area contributed by atoms with Crippen molar-refractivity contribution >= 4 is 17.4 Å². The molecule has 2 aromatic carbocycles. The highest BCUT2D eigenvalue weighted by Crippen LogP contribution is 2.41. The average molecular weight is 492 g/mol. The van der Waals surface area contributed by atoms with Crippen molar-refractivity contribution in [3.8, 4) is 22.5 Å². The second kappa shape index (κ2) is 12.5. The third-order valence-electron chi connectivity index (χ3n) is 6.09. The molecule has 0 saturated heterocycles. The maximum absolute atomic E-state index is 13.2. The second-order valence-corrected chi connectivity index (χ2v) is 8.69. The fraction of sp³-hybridized carbons (Fsp3) is 0.407. The molecular weight excluding hydrogens is 458 g/mol. The van der Waals surface area contributed by atoms with E-state index in [0.717, 1.165) is 40.3 Å². The van der Waals surface area contributed by atoms with E-state index >= 15 is 0 Å². The molecular formula is C27H33N5O4. The molecule has 2 heterocycles. The van der Waals surface area contributed by atoms with Crippen molar-refractivity contribution in [2.24, 2.45) is 0 Å². The number of benzene rings is 2. The smallest absolute Gasteiger partial charge is 0.227 e. The Morgan fingerprint density at radius 2 is 1.67 bits per heavy atom. The number of hydrogen-bond donors (Lipinski definition) is 1. The monoisotopic (exact) mass is 491 g/mol. The summed E-state index contributed by atoms with van der Waals surface area (Å²) >= 11 is 0. The molecule has 1 aromatic heterocycles. The summed E-state index contributed by atoms with van der Waals surface area (Å²) in [4.78, 5) is 26.5. The van der Waals surface area contributed by atoms with Crippen molar-refractivity contribution in [2.75, 3.05) is 44.9 Å². The van der Waals surface area contributed by atoms with Crippen LogP contribution < -0.4 is 10.2 Å². The number of hydrogen-bond acceptors (Lipinski definition) is 7. The predicted molar refractivity (Wildman–Crippen MR) is 138 cm³/mol. The molecule has 0 radical (unpaired) electrons. The highest BCUT2D eigenvalue weighted by molar-refractivity contribution is 6.01. The number of aromatic nitrogens is 3. The van der Waals surface area contributed by atoms with E-state index in [2.05, 4.69) is 15.6 Å². The van der Waals surface area contributed by atoms with Crippen LogP contribution >= 0.6 is 0 Å². The predicted octanol–water partition coefficient (Wildman–Crippen LogP) is 3.08. The molecule has 0 atom stereocenters. The Kier molecular flexibility index (Phi) is 8.94. The molecule has 3 aromatic rings. The molecule has 190 valence electrons. The number of fused-ring (bicyclic) bond motifs is 5. The molecule has 9 heteroatoms. The molecule has 0 unspecified atom stereocenters. The van der Waals surface area contributed by atoms with Gasteiger partial charge in [0.2, 0.25) is 5.91 Å². The summed E-state index contributed by atoms with van der Waals surface area (Å²) < 4.78 is 13.2. The van der Waals surface area contributed by atoms with E-state index in [4.69, 9.17) is 9.47 Å². The average Bonchev–Trinajstić information content (AvgIpc) is 3.29. The van der Waals surface area contributed by atoms with Crippen LogP contribution in [0.1, 0.15) is 25.3 Å². The molecule has 1 N–H and O–H groups in total. The van der Waals surface area contributed by atoms with E-state index in [1.165, 1.54) is 6.92 Å². The number of nitrogens with one attached hydrogen (secondary N) is 1. The zero-order valence-electron chi connectivity index (χ0n) is 20.9. The van der Waals surface area contributed by atoms with Crippen LogP contribution in [0.5, 0.6) is 0 Å². The first-order valence-electron chi connectivity index (χ1n) is 12.3. The van der Waals surface area contributed by atoms with Gasteiger partial charge < -0.3 is 24.5 Å². The van der Waals surface area contributed by atoms with Gasteiger partial charge in [0.25, 0.3) is 0 Å². The Hall–Kier alpha value is -3.40. The lowest BCUT2D eigenvalue weighted by Crippen LogP contribution is -2.32. The lowest BCUT2D eigenvalue weighted by molar-refractivity contribution is -0.123. The van der Waals surface area contributed by atoms with Gasteiger partial charge in [0, 0.05) is 30.5 Å². The number of anilines is 1. The maximum atomic E-state index is 13.2. The van der Waals surface area contributed by atoms with E-state index < -0.39 is 0 Å². The summed E-state index contributed by atoms with van der Waals surface area (Å²) in [6.07, 6.45) is 0.391. The number of ketones is 1. The summed E-state index contributed by atoms with van der Waals surface area (Å²) in [5.74, 6) is -0.0883. The van der Waals surface area contributed by atoms with Crippen molar-refractivity contribution in [2.45, 2.75) is 32.9 Å². The van der Waals surface area contributed by atoms with Crippen LogP contribution in [-0.4, -0.2) is 66.7 Å². The molecule has 0 bridgehead atoms. The molecule has 36 heavy (non-hydrogen) atoms. The Labute approximate surface area is 211 Å². The van der Waals surface area contributed by atoms with E-state index in [0.29, 0.717) is 39.5 Å². The summed E-state index contributed by atoms with van der Waals surface area (Å²) in [5.41, 5.74) is 5.20. The van der Waals surface area contributed by atoms with E-state index in [1.807, 2.05) is 60.3 Å². The Balaban J connectivity index is 1.61. The number of rotatable bonds is 12. The van der Waals surface area contributed by atoms with Gasteiger partial charge in [0.1, 0.15) is 11.5 Å². The lowest BCUT2D eigenvalue weighted by atomic mass is 9.95. The minimum absolute atomic E-state index is 0.000980. The first-order valence-corrected chi connectivity index (χ1v) is 12.3. The normalized spacial score (nSPS) is 12.3. The van der Waals surface area contributed by atoms with Crippen LogP contribution in [0.2, 0.25) is 0 Å². The molecule has 0 aliphatic carbocycles. The first kappa shape index (κ1) is 25.7. The standard InChI is InChI=1S/C27H33N5O4/c1-20(33)11-12-25(34)31-19-21-7-3-4-8-22(21)27-26(23-9-5-6-10-24(23)31)29-30-32(27)14-16-36-18-17-35-15-13-28-2/h3-10,28H,11-19H2,1-2H3. The van der Waals surface area contributed by atoms with Crippen molar-refractivity contribution in [3.63, 3.8) is 0 Å². The van der Waals surface area contributed by atoms with Gasteiger partial charge in [-0.2, -0.15) is 0 Å². The van der Waals surface area contributed by atoms with Gasteiger partial charge >= 0.3 is 0 Å². The molecule has 1 amide bonds. The zero-order valence-corrected chi connectivity index (χ0v) is 20.9. The molecule has 1 aliphatic heterocycles. The topological polar surface area (TPSA) is 98.6 Å². The van der Waals surface area contributed by atoms with Crippen molar-refractivity contribution in [1.29, 1.82) is 0 Å². The van der Waals surface area contributed by atoms with Crippen LogP contribution in [0.25, 0.3) is 22.5 Å². The van der Waals surface area contributed by atoms with Gasteiger partial charge in [-0.15, -0.1) is 5.10 Å². The fourth-order valence-corrected chi connectivity index (χ4v) is 4.26. The van der Waals surface area contributed by atoms with Crippen LogP contribution in [-0.2, 0) is 32.2 Å². The minimum atomic E-state index is -0.0892. The quantitative estimate of drug-likeness (QED) is 0.389. The molecule has 4 rings (SSSR count). The SMILES string of the molecule is CNCCOCCOCCn1nnc2c1-c1ccccc1CN(C(=O)CCC(C)=O)c1ccccc1-2. The van der Waals surface area contributed by atoms with E-state index in [-0.39, 0.29) is 24.5 Å². The molecule has 0 saturated carbocycles. The number of ether oxygens (including phenoxy) is 2. The van der Waals surface area contributed by atoms with Gasteiger partial charge in [-0.25, -0.2) is 4.68 Å². The number of amides is 1. The summed E-state index contributed by atoms with van der Waals surface area (Å²) in [6.45, 7) is 5.44. The highest BCUT2D eigenvalue weighted by atomic mass is 16.5. The largest absolute Gasteiger partial charge is 0.378 e. The van der Waals surface area contributed by atoms with Crippen molar-refractivity contribution < 1.29 is 19.1 Å². The number of para-hydroxylation sites is 1. The third kappa shape index (κ3) is 6.04. The minimum Gasteiger partial charge on any atom is -0.378 e. The van der Waals surface area contributed by atoms with Crippen LogP contribution in [0.3, 0.4) is 0 Å². The van der Waals surface area contributed by atoms with Gasteiger partial charge in [-0.3, -0.25) is 4.79 Å². The number of likely N-dealkylation sites (N-methyl/N-ethyl adjacent to an activating group) is 1. The van der Waals surface area contributed by atoms with E-state index in [1.54, 1.807) is 4.90 Å². The highest BCUT2D eigenvalue weighted by Gasteiger charge is 2.28. The zero-order chi connectivity index (χ0) is 25.3. The van der Waals surface area contributed by atoms with Gasteiger partial charge in [0.15, 0.2) is 0 Å². The maximum Gasteiger partial charge on any atom is 0.227 e. The second-order valence-electron chi connectivity index (χ2n) is 8.69. The fourth-order valence-electron chi connectivity index (χ4n) is 4.26. The van der Waals surface area contributed by atoms with Gasteiger partial charge in [0.05, 0.1) is 50.9 Å². The third-order valence-corrected chi connectivity index (χ3v) is 6.09. The molecule has 0 spiro atoms. The number of Topliss-reactive ketones (excluding diaryl/α,β-unsaturated/α-hetero) is 1. The number of carbonyl (C=O) groups is 2. The van der Waals surface area contributed by atoms with Gasteiger partial charge in [-0.05, 0) is 25.6 Å². The van der Waals surface area contributed by atoms with E-state index in [9.17, 15) is 9.59 Å². The number of nitrogens with zero attached hydrogens (tertiary/aromatic N) is 4. The Bertz CT molecular complexity index is 1190. The van der Waals surface area contributed by atoms with Crippen molar-refractivity contribution in [3.05, 3.63) is 54.1 Å². The first-order chi connectivity index (χ1) is 17.6. The molecule has 0 fully saturated rings. The molecule has 1 aliphatic rings. The lowest BCUT2D eigenvalue weighted by Gasteiger charge is -2.28. The Morgan fingerprint density at radius 3 is 2.44 bits per heavy atom. The summed E-state index contributed by atoms with van der Waals surface area (Å²) in [7, 11) is 1.89. The summed E-state index contributed by atoms with van der Waals surface area (Å²) in [5, 5.41) is 12.1. The van der Waals surface area contributed by atoms with Crippen LogP contribution in [0.4, 0.5) is 5.69 Å². The number of carbonyl (C=O) groups excluding carboxylic acids is 2. The van der Waals surface area contributed by atoms with Crippen molar-refractivity contribution in [1.82, 2.24) is 20.3 Å². The summed E-state index contributed by atoms with van der Waals surface area (Å²) in [6, 6.07) is 15.7. The van der Waals surface area contributed by atoms with Gasteiger partial charge in [-0.1, -0.05) is 47.7 Å². The van der Waals surface area contributed by atoms with Crippen LogP contribution in [0.15, 0.2) is 48.5 Å². The Morgan fingerprint density at radius 1 is 0.944 bits per heavy atom. The molecule has 9 nitrogen and oxygen atoms in total.